The van der Waals surface area contributed by atoms with Crippen molar-refractivity contribution in [1.82, 2.24) is 16.1 Å². The second-order valence-electron chi connectivity index (χ2n) is 7.68. The first-order valence-electron chi connectivity index (χ1n) is 11.2. The van der Waals surface area contributed by atoms with Crippen LogP contribution in [0.4, 0.5) is 0 Å². The molecule has 0 spiro atoms. The van der Waals surface area contributed by atoms with Crippen molar-refractivity contribution in [3.63, 3.8) is 0 Å². The maximum atomic E-state index is 3.99. The minimum atomic E-state index is 0.570. The highest BCUT2D eigenvalue weighted by molar-refractivity contribution is 5.55. The van der Waals surface area contributed by atoms with Gasteiger partial charge in [0.15, 0.2) is 0 Å². The van der Waals surface area contributed by atoms with Crippen molar-refractivity contribution >= 4 is 6.34 Å². The fraction of sp³-hybridized carbons (Fsp3) is 0.952. The van der Waals surface area contributed by atoms with E-state index in [0.29, 0.717) is 6.04 Å². The molecule has 2 N–H and O–H groups in total. The molecule has 0 fully saturated rings. The standard InChI is InChI=1S/C21H44N4/c1-3-5-6-7-8-9-10-11-12-13-14-15-16-17-18-19-21(4-2)25-20-22-23-24-25/h20-21,23-24H,3-19H2,1-2H3. The van der Waals surface area contributed by atoms with Crippen molar-refractivity contribution in [2.24, 2.45) is 5.10 Å². The van der Waals surface area contributed by atoms with Gasteiger partial charge in [0, 0.05) is 6.04 Å². The Hall–Kier alpha value is -0.770. The van der Waals surface area contributed by atoms with Gasteiger partial charge >= 0.3 is 0 Å². The zero-order valence-corrected chi connectivity index (χ0v) is 17.1. The number of hydrogen-bond donors (Lipinski definition) is 2. The smallest absolute Gasteiger partial charge is 0.128 e. The van der Waals surface area contributed by atoms with E-state index in [0.717, 1.165) is 0 Å². The number of hydrazine groups is 2. The Morgan fingerprint density at radius 1 is 0.720 bits per heavy atom. The molecule has 0 amide bonds. The molecule has 0 bridgehead atoms. The summed E-state index contributed by atoms with van der Waals surface area (Å²) in [4.78, 5) is 0. The van der Waals surface area contributed by atoms with Gasteiger partial charge in [0.05, 0.1) is 0 Å². The van der Waals surface area contributed by atoms with Crippen LogP contribution in [0.5, 0.6) is 0 Å². The summed E-state index contributed by atoms with van der Waals surface area (Å²) in [5.74, 6) is 0. The van der Waals surface area contributed by atoms with E-state index >= 15 is 0 Å². The van der Waals surface area contributed by atoms with Gasteiger partial charge in [-0.15, -0.1) is 5.53 Å². The van der Waals surface area contributed by atoms with Gasteiger partial charge < -0.3 is 0 Å². The van der Waals surface area contributed by atoms with Crippen LogP contribution in [0.25, 0.3) is 0 Å². The Balaban J connectivity index is 1.76. The summed E-state index contributed by atoms with van der Waals surface area (Å²) in [5, 5.41) is 6.10. The van der Waals surface area contributed by atoms with Gasteiger partial charge in [-0.05, 0) is 12.8 Å². The summed E-state index contributed by atoms with van der Waals surface area (Å²) in [7, 11) is 0. The molecule has 1 atom stereocenters. The van der Waals surface area contributed by atoms with E-state index in [9.17, 15) is 0 Å². The zero-order chi connectivity index (χ0) is 18.0. The molecule has 1 heterocycles. The quantitative estimate of drug-likeness (QED) is 0.285. The fourth-order valence-electron chi connectivity index (χ4n) is 3.68. The van der Waals surface area contributed by atoms with Gasteiger partial charge in [-0.3, -0.25) is 5.01 Å². The Morgan fingerprint density at radius 3 is 1.60 bits per heavy atom. The maximum absolute atomic E-state index is 3.99. The Bertz CT molecular complexity index is 306. The highest BCUT2D eigenvalue weighted by Gasteiger charge is 2.15. The number of unbranched alkanes of at least 4 members (excludes halogenated alkanes) is 14. The van der Waals surface area contributed by atoms with Gasteiger partial charge in [0.25, 0.3) is 0 Å². The van der Waals surface area contributed by atoms with Gasteiger partial charge in [-0.1, -0.05) is 110 Å². The van der Waals surface area contributed by atoms with Crippen LogP contribution in [0.3, 0.4) is 0 Å². The molecule has 0 saturated carbocycles. The highest BCUT2D eigenvalue weighted by Crippen LogP contribution is 2.15. The summed E-state index contributed by atoms with van der Waals surface area (Å²) >= 11 is 0. The van der Waals surface area contributed by atoms with Crippen LogP contribution in [0, 0.1) is 0 Å². The highest BCUT2D eigenvalue weighted by atomic mass is 15.8. The van der Waals surface area contributed by atoms with E-state index in [1.54, 1.807) is 0 Å². The van der Waals surface area contributed by atoms with Crippen molar-refractivity contribution in [1.29, 1.82) is 0 Å². The molecule has 4 heteroatoms. The molecular formula is C21H44N4. The van der Waals surface area contributed by atoms with E-state index in [4.69, 9.17) is 0 Å². The summed E-state index contributed by atoms with van der Waals surface area (Å²) in [6.45, 7) is 4.55. The summed E-state index contributed by atoms with van der Waals surface area (Å²) in [6, 6.07) is 0.570. The lowest BCUT2D eigenvalue weighted by Crippen LogP contribution is -2.44. The van der Waals surface area contributed by atoms with Crippen LogP contribution in [0.15, 0.2) is 5.10 Å². The number of hydrogen-bond acceptors (Lipinski definition) is 4. The molecule has 25 heavy (non-hydrogen) atoms. The number of nitrogens with zero attached hydrogens (tertiary/aromatic N) is 2. The third kappa shape index (κ3) is 12.3. The Morgan fingerprint density at radius 2 is 1.20 bits per heavy atom. The van der Waals surface area contributed by atoms with E-state index < -0.39 is 0 Å². The van der Waals surface area contributed by atoms with Crippen LogP contribution < -0.4 is 11.1 Å². The molecule has 0 aromatic rings. The van der Waals surface area contributed by atoms with Gasteiger partial charge in [-0.25, -0.2) is 5.53 Å². The topological polar surface area (TPSA) is 39.7 Å². The third-order valence-corrected chi connectivity index (χ3v) is 5.43. The molecule has 1 rings (SSSR count). The predicted octanol–water partition coefficient (Wildman–Crippen LogP) is 6.29. The average Bonchev–Trinajstić information content (AvgIpc) is 3.16. The maximum Gasteiger partial charge on any atom is 0.128 e. The molecule has 0 saturated heterocycles. The molecular weight excluding hydrogens is 308 g/mol. The zero-order valence-electron chi connectivity index (χ0n) is 17.1. The lowest BCUT2D eigenvalue weighted by molar-refractivity contribution is 0.207. The molecule has 0 aromatic heterocycles. The Kier molecular flexibility index (Phi) is 14.9. The lowest BCUT2D eigenvalue weighted by atomic mass is 10.0. The number of hydrazone groups is 1. The molecule has 0 aliphatic carbocycles. The summed E-state index contributed by atoms with van der Waals surface area (Å²) < 4.78 is 0. The second-order valence-corrected chi connectivity index (χ2v) is 7.68. The molecule has 148 valence electrons. The summed E-state index contributed by atoms with van der Waals surface area (Å²) in [6.07, 6.45) is 25.8. The van der Waals surface area contributed by atoms with Crippen LogP contribution >= 0.6 is 0 Å². The van der Waals surface area contributed by atoms with Crippen LogP contribution in [0.2, 0.25) is 0 Å². The first-order chi connectivity index (χ1) is 12.4. The number of rotatable bonds is 18. The molecule has 1 aliphatic heterocycles. The van der Waals surface area contributed by atoms with Gasteiger partial charge in [0.1, 0.15) is 6.34 Å². The molecule has 1 unspecified atom stereocenters. The normalized spacial score (nSPS) is 14.9. The fourth-order valence-corrected chi connectivity index (χ4v) is 3.68. The summed E-state index contributed by atoms with van der Waals surface area (Å²) in [5.41, 5.74) is 5.86. The van der Waals surface area contributed by atoms with Crippen molar-refractivity contribution in [2.75, 3.05) is 0 Å². The monoisotopic (exact) mass is 352 g/mol. The van der Waals surface area contributed by atoms with Crippen molar-refractivity contribution in [2.45, 2.75) is 129 Å². The molecule has 4 nitrogen and oxygen atoms in total. The van der Waals surface area contributed by atoms with E-state index in [1.165, 1.54) is 109 Å². The second kappa shape index (κ2) is 16.7. The van der Waals surface area contributed by atoms with Crippen molar-refractivity contribution in [3.8, 4) is 0 Å². The molecule has 1 aliphatic rings. The first kappa shape index (κ1) is 22.3. The van der Waals surface area contributed by atoms with Crippen LogP contribution in [0.1, 0.15) is 123 Å². The minimum absolute atomic E-state index is 0.570. The molecule has 0 radical (unpaired) electrons. The van der Waals surface area contributed by atoms with Gasteiger partial charge in [-0.2, -0.15) is 5.10 Å². The first-order valence-corrected chi connectivity index (χ1v) is 11.2. The van der Waals surface area contributed by atoms with E-state index in [2.05, 4.69) is 35.0 Å². The average molecular weight is 353 g/mol. The SMILES string of the molecule is CCCCCCCCCCCCCCCCCC(CC)N1C=NNN1. The minimum Gasteiger partial charge on any atom is -0.275 e. The van der Waals surface area contributed by atoms with E-state index in [-0.39, 0.29) is 0 Å². The van der Waals surface area contributed by atoms with Gasteiger partial charge in [0.2, 0.25) is 0 Å². The number of nitrogens with one attached hydrogen (secondary N) is 2. The third-order valence-electron chi connectivity index (χ3n) is 5.43. The largest absolute Gasteiger partial charge is 0.275 e. The Labute approximate surface area is 157 Å². The van der Waals surface area contributed by atoms with E-state index in [1.807, 2.05) is 6.34 Å². The van der Waals surface area contributed by atoms with Crippen LogP contribution in [-0.4, -0.2) is 17.4 Å². The molecule has 0 aromatic carbocycles. The van der Waals surface area contributed by atoms with Crippen molar-refractivity contribution in [3.05, 3.63) is 0 Å². The van der Waals surface area contributed by atoms with Crippen molar-refractivity contribution < 1.29 is 0 Å². The van der Waals surface area contributed by atoms with Crippen LogP contribution in [-0.2, 0) is 0 Å². The predicted molar refractivity (Wildman–Crippen MR) is 110 cm³/mol. The lowest BCUT2D eigenvalue weighted by Gasteiger charge is -2.24.